The topological polar surface area (TPSA) is 55.1 Å². The van der Waals surface area contributed by atoms with E-state index < -0.39 is 0 Å². The van der Waals surface area contributed by atoms with Crippen LogP contribution in [0.25, 0.3) is 0 Å². The molecule has 0 bridgehead atoms. The molecule has 4 heteroatoms. The zero-order valence-electron chi connectivity index (χ0n) is 11.7. The summed E-state index contributed by atoms with van der Waals surface area (Å²) in [4.78, 5) is 11.6. The van der Waals surface area contributed by atoms with Crippen molar-refractivity contribution in [1.82, 2.24) is 5.32 Å². The number of carbonyl (C=O) groups is 1. The quantitative estimate of drug-likeness (QED) is 0.669. The second kappa shape index (κ2) is 9.77. The van der Waals surface area contributed by atoms with Crippen LogP contribution in [0.5, 0.6) is 0 Å². The third-order valence-electron chi connectivity index (χ3n) is 2.66. The van der Waals surface area contributed by atoms with E-state index in [1.165, 1.54) is 12.8 Å². The Balaban J connectivity index is 3.58. The highest BCUT2D eigenvalue weighted by Crippen LogP contribution is 2.10. The van der Waals surface area contributed by atoms with Crippen LogP contribution in [0.4, 0.5) is 0 Å². The minimum atomic E-state index is 0.132. The molecule has 17 heavy (non-hydrogen) atoms. The van der Waals surface area contributed by atoms with Crippen LogP contribution in [0.2, 0.25) is 0 Å². The first-order chi connectivity index (χ1) is 7.95. The summed E-state index contributed by atoms with van der Waals surface area (Å²) in [5, 5.41) is 3.39. The van der Waals surface area contributed by atoms with Gasteiger partial charge in [-0.15, -0.1) is 11.8 Å². The third-order valence-corrected chi connectivity index (χ3v) is 3.85. The fourth-order valence-corrected chi connectivity index (χ4v) is 2.16. The Kier molecular flexibility index (Phi) is 9.65. The monoisotopic (exact) mass is 260 g/mol. The van der Waals surface area contributed by atoms with E-state index in [2.05, 4.69) is 26.1 Å². The predicted octanol–water partition coefficient (Wildman–Crippen LogP) is 2.40. The Morgan fingerprint density at radius 3 is 2.41 bits per heavy atom. The van der Waals surface area contributed by atoms with Crippen LogP contribution in [0.15, 0.2) is 0 Å². The highest BCUT2D eigenvalue weighted by atomic mass is 32.2. The summed E-state index contributed by atoms with van der Waals surface area (Å²) in [5.74, 6) is 1.40. The van der Waals surface area contributed by atoms with E-state index in [0.717, 1.165) is 12.3 Å². The Bertz CT molecular complexity index is 210. The van der Waals surface area contributed by atoms with Gasteiger partial charge in [-0.1, -0.05) is 33.6 Å². The van der Waals surface area contributed by atoms with E-state index in [-0.39, 0.29) is 11.9 Å². The SMILES string of the molecule is CC(C)CCCC(C)NC(=O)CSC(C)CN. The van der Waals surface area contributed by atoms with Crippen molar-refractivity contribution in [2.24, 2.45) is 11.7 Å². The second-order valence-electron chi connectivity index (χ2n) is 5.15. The highest BCUT2D eigenvalue weighted by Gasteiger charge is 2.09. The molecule has 2 atom stereocenters. The minimum absolute atomic E-state index is 0.132. The van der Waals surface area contributed by atoms with Crippen molar-refractivity contribution in [1.29, 1.82) is 0 Å². The number of hydrogen-bond donors (Lipinski definition) is 2. The average molecular weight is 260 g/mol. The number of carbonyl (C=O) groups excluding carboxylic acids is 1. The van der Waals surface area contributed by atoms with Gasteiger partial charge in [-0.2, -0.15) is 0 Å². The first-order valence-corrected chi connectivity index (χ1v) is 7.61. The van der Waals surface area contributed by atoms with Crippen LogP contribution in [-0.4, -0.2) is 29.5 Å². The molecule has 0 aromatic carbocycles. The molecule has 3 nitrogen and oxygen atoms in total. The summed E-state index contributed by atoms with van der Waals surface area (Å²) >= 11 is 1.62. The lowest BCUT2D eigenvalue weighted by Gasteiger charge is -2.15. The number of rotatable bonds is 9. The molecule has 0 aromatic heterocycles. The predicted molar refractivity (Wildman–Crippen MR) is 77.3 cm³/mol. The summed E-state index contributed by atoms with van der Waals surface area (Å²) in [7, 11) is 0. The zero-order valence-corrected chi connectivity index (χ0v) is 12.5. The minimum Gasteiger partial charge on any atom is -0.353 e. The number of nitrogens with two attached hydrogens (primary N) is 1. The normalized spacial score (nSPS) is 14.7. The standard InChI is InChI=1S/C13H28N2OS/c1-10(2)6-5-7-11(3)15-13(16)9-17-12(4)8-14/h10-12H,5-9,14H2,1-4H3,(H,15,16). The molecule has 0 aliphatic rings. The molecule has 0 heterocycles. The van der Waals surface area contributed by atoms with E-state index in [1.807, 2.05) is 6.92 Å². The van der Waals surface area contributed by atoms with E-state index in [1.54, 1.807) is 11.8 Å². The van der Waals surface area contributed by atoms with Crippen LogP contribution in [0.3, 0.4) is 0 Å². The number of hydrogen-bond acceptors (Lipinski definition) is 3. The first kappa shape index (κ1) is 16.8. The molecule has 0 fully saturated rings. The third kappa shape index (κ3) is 10.6. The molecule has 0 radical (unpaired) electrons. The molecule has 0 aromatic rings. The fraction of sp³-hybridized carbons (Fsp3) is 0.923. The van der Waals surface area contributed by atoms with Crippen molar-refractivity contribution in [3.05, 3.63) is 0 Å². The molecular weight excluding hydrogens is 232 g/mol. The van der Waals surface area contributed by atoms with Gasteiger partial charge in [0.15, 0.2) is 0 Å². The van der Waals surface area contributed by atoms with Gasteiger partial charge in [0.1, 0.15) is 0 Å². The van der Waals surface area contributed by atoms with Crippen LogP contribution < -0.4 is 11.1 Å². The van der Waals surface area contributed by atoms with Crippen LogP contribution in [-0.2, 0) is 4.79 Å². The van der Waals surface area contributed by atoms with Gasteiger partial charge in [-0.3, -0.25) is 4.79 Å². The van der Waals surface area contributed by atoms with Gasteiger partial charge in [-0.25, -0.2) is 0 Å². The van der Waals surface area contributed by atoms with Crippen molar-refractivity contribution in [2.45, 2.75) is 58.2 Å². The van der Waals surface area contributed by atoms with Crippen molar-refractivity contribution in [3.63, 3.8) is 0 Å². The van der Waals surface area contributed by atoms with Gasteiger partial charge < -0.3 is 11.1 Å². The molecule has 0 aliphatic heterocycles. The van der Waals surface area contributed by atoms with Gasteiger partial charge in [0.05, 0.1) is 5.75 Å². The molecule has 2 unspecified atom stereocenters. The first-order valence-electron chi connectivity index (χ1n) is 6.56. The molecule has 0 rings (SSSR count). The van der Waals surface area contributed by atoms with Crippen molar-refractivity contribution in [3.8, 4) is 0 Å². The van der Waals surface area contributed by atoms with Crippen molar-refractivity contribution >= 4 is 17.7 Å². The largest absolute Gasteiger partial charge is 0.353 e. The maximum Gasteiger partial charge on any atom is 0.230 e. The van der Waals surface area contributed by atoms with E-state index >= 15 is 0 Å². The Morgan fingerprint density at radius 1 is 1.24 bits per heavy atom. The Hall–Kier alpha value is -0.220. The number of thioether (sulfide) groups is 1. The van der Waals surface area contributed by atoms with E-state index in [0.29, 0.717) is 17.5 Å². The Labute approximate surface area is 110 Å². The van der Waals surface area contributed by atoms with Gasteiger partial charge in [0.2, 0.25) is 5.91 Å². The van der Waals surface area contributed by atoms with E-state index in [9.17, 15) is 4.79 Å². The van der Waals surface area contributed by atoms with E-state index in [4.69, 9.17) is 5.73 Å². The second-order valence-corrected chi connectivity index (χ2v) is 6.58. The van der Waals surface area contributed by atoms with Gasteiger partial charge in [0, 0.05) is 17.8 Å². The molecule has 0 spiro atoms. The number of amides is 1. The van der Waals surface area contributed by atoms with Gasteiger partial charge in [0.25, 0.3) is 0 Å². The molecular formula is C13H28N2OS. The Morgan fingerprint density at radius 2 is 1.88 bits per heavy atom. The molecule has 0 aliphatic carbocycles. The summed E-state index contributed by atoms with van der Waals surface area (Å²) in [6.45, 7) is 9.21. The van der Waals surface area contributed by atoms with Crippen molar-refractivity contribution < 1.29 is 4.79 Å². The maximum atomic E-state index is 11.6. The zero-order chi connectivity index (χ0) is 13.3. The summed E-state index contributed by atoms with van der Waals surface area (Å²) in [6, 6.07) is 0.287. The lowest BCUT2D eigenvalue weighted by Crippen LogP contribution is -2.34. The van der Waals surface area contributed by atoms with Crippen LogP contribution in [0, 0.1) is 5.92 Å². The number of nitrogens with one attached hydrogen (secondary N) is 1. The fourth-order valence-electron chi connectivity index (χ4n) is 1.51. The summed E-state index contributed by atoms with van der Waals surface area (Å²) in [6.07, 6.45) is 3.49. The highest BCUT2D eigenvalue weighted by molar-refractivity contribution is 8.00. The lowest BCUT2D eigenvalue weighted by molar-refractivity contribution is -0.119. The summed E-state index contributed by atoms with van der Waals surface area (Å²) < 4.78 is 0. The maximum absolute atomic E-state index is 11.6. The van der Waals surface area contributed by atoms with Gasteiger partial charge >= 0.3 is 0 Å². The van der Waals surface area contributed by atoms with Crippen LogP contribution >= 0.6 is 11.8 Å². The average Bonchev–Trinajstić information content (AvgIpc) is 2.25. The molecule has 1 amide bonds. The molecule has 102 valence electrons. The molecule has 0 saturated heterocycles. The smallest absolute Gasteiger partial charge is 0.230 e. The summed E-state index contributed by atoms with van der Waals surface area (Å²) in [5.41, 5.74) is 5.50. The van der Waals surface area contributed by atoms with Crippen LogP contribution in [0.1, 0.15) is 47.0 Å². The lowest BCUT2D eigenvalue weighted by atomic mass is 10.0. The molecule has 3 N–H and O–H groups in total. The van der Waals surface area contributed by atoms with Crippen molar-refractivity contribution in [2.75, 3.05) is 12.3 Å². The van der Waals surface area contributed by atoms with Gasteiger partial charge in [-0.05, 0) is 19.3 Å². The molecule has 0 saturated carbocycles.